The van der Waals surface area contributed by atoms with E-state index in [2.05, 4.69) is 15.6 Å². The second-order valence-corrected chi connectivity index (χ2v) is 2.16. The molecule has 0 saturated carbocycles. The van der Waals surface area contributed by atoms with Crippen molar-refractivity contribution >= 4 is 6.34 Å². The van der Waals surface area contributed by atoms with E-state index in [9.17, 15) is 0 Å². The van der Waals surface area contributed by atoms with E-state index in [0.717, 1.165) is 5.12 Å². The second-order valence-electron chi connectivity index (χ2n) is 2.16. The summed E-state index contributed by atoms with van der Waals surface area (Å²) in [4.78, 5) is 3.89. The van der Waals surface area contributed by atoms with Gasteiger partial charge in [-0.15, -0.1) is 5.10 Å². The van der Waals surface area contributed by atoms with Gasteiger partial charge in [0.15, 0.2) is 0 Å². The van der Waals surface area contributed by atoms with E-state index < -0.39 is 0 Å². The maximum Gasteiger partial charge on any atom is 0.220 e. The number of hydrazone groups is 1. The lowest BCUT2D eigenvalue weighted by Crippen LogP contribution is -3.08. The highest BCUT2D eigenvalue weighted by Gasteiger charge is 2.04. The zero-order chi connectivity index (χ0) is 7.68. The minimum Gasteiger partial charge on any atom is -0.342 e. The van der Waals surface area contributed by atoms with E-state index in [0.29, 0.717) is 0 Å². The summed E-state index contributed by atoms with van der Waals surface area (Å²) in [5.74, 6) is 0. The van der Waals surface area contributed by atoms with Crippen LogP contribution in [0.15, 0.2) is 23.8 Å². The molecule has 2 rings (SSSR count). The molecule has 0 bridgehead atoms. The van der Waals surface area contributed by atoms with Gasteiger partial charge in [-0.2, -0.15) is 4.68 Å². The lowest BCUT2D eigenvalue weighted by atomic mass is 10.9. The maximum absolute atomic E-state index is 4.08. The average molecular weight is 152 g/mol. The number of nitrogens with one attached hydrogen (secondary N) is 1. The highest BCUT2D eigenvalue weighted by atomic mass is 16.0. The summed E-state index contributed by atoms with van der Waals surface area (Å²) < 4.78 is 1.80. The van der Waals surface area contributed by atoms with Crippen LogP contribution in [-0.4, -0.2) is 28.2 Å². The fraction of sp³-hybridized carbons (Fsp3) is 0.200. The first kappa shape index (κ1) is 6.32. The predicted octanol–water partition coefficient (Wildman–Crippen LogP) is -1.38. The zero-order valence-corrected chi connectivity index (χ0v) is 6.05. The monoisotopic (exact) mass is 152 g/mol. The molecule has 0 spiro atoms. The minimum atomic E-state index is 0.782. The van der Waals surface area contributed by atoms with E-state index in [1.54, 1.807) is 30.6 Å². The van der Waals surface area contributed by atoms with Crippen LogP contribution in [-0.2, 0) is 0 Å². The third-order valence-electron chi connectivity index (χ3n) is 1.36. The number of nitrogens with zero attached hydrogens (tertiary/aromatic N) is 5. The molecule has 58 valence electrons. The van der Waals surface area contributed by atoms with Gasteiger partial charge in [-0.05, 0) is 0 Å². The third-order valence-corrected chi connectivity index (χ3v) is 1.36. The molecule has 11 heavy (non-hydrogen) atoms. The van der Waals surface area contributed by atoms with Crippen molar-refractivity contribution in [2.24, 2.45) is 5.10 Å². The maximum atomic E-state index is 4.08. The van der Waals surface area contributed by atoms with Crippen molar-refractivity contribution in [1.82, 2.24) is 14.8 Å². The SMILES string of the molecule is CN1N=C[NH+](n2ccnc2)[N-]1. The quantitative estimate of drug-likeness (QED) is 0.539. The molecular formula is C5H8N6. The topological polar surface area (TPSA) is 52.0 Å². The van der Waals surface area contributed by atoms with E-state index in [4.69, 9.17) is 0 Å². The molecule has 1 aromatic heterocycles. The van der Waals surface area contributed by atoms with Gasteiger partial charge in [0.1, 0.15) is 6.33 Å². The first-order valence-corrected chi connectivity index (χ1v) is 3.21. The van der Waals surface area contributed by atoms with E-state index in [1.807, 2.05) is 6.20 Å². The van der Waals surface area contributed by atoms with Crippen molar-refractivity contribution in [2.75, 3.05) is 7.05 Å². The molecule has 2 heterocycles. The average Bonchev–Trinajstić information content (AvgIpc) is 2.55. The first-order chi connectivity index (χ1) is 5.36. The van der Waals surface area contributed by atoms with Gasteiger partial charge in [0, 0.05) is 7.05 Å². The number of quaternary nitrogens is 1. The third kappa shape index (κ3) is 1.08. The Morgan fingerprint density at radius 2 is 2.45 bits per heavy atom. The van der Waals surface area contributed by atoms with Crippen molar-refractivity contribution in [3.8, 4) is 0 Å². The zero-order valence-electron chi connectivity index (χ0n) is 6.05. The van der Waals surface area contributed by atoms with Crippen molar-refractivity contribution in [2.45, 2.75) is 0 Å². The smallest absolute Gasteiger partial charge is 0.220 e. The largest absolute Gasteiger partial charge is 0.342 e. The Balaban J connectivity index is 2.15. The lowest BCUT2D eigenvalue weighted by molar-refractivity contribution is -0.811. The molecule has 1 N–H and O–H groups in total. The Morgan fingerprint density at radius 1 is 1.55 bits per heavy atom. The van der Waals surface area contributed by atoms with Crippen molar-refractivity contribution in [3.05, 3.63) is 24.3 Å². The molecule has 0 fully saturated rings. The van der Waals surface area contributed by atoms with Crippen LogP contribution >= 0.6 is 0 Å². The predicted molar refractivity (Wildman–Crippen MR) is 38.2 cm³/mol. The van der Waals surface area contributed by atoms with Gasteiger partial charge >= 0.3 is 0 Å². The summed E-state index contributed by atoms with van der Waals surface area (Å²) >= 11 is 0. The van der Waals surface area contributed by atoms with Crippen molar-refractivity contribution < 1.29 is 5.12 Å². The van der Waals surface area contributed by atoms with Crippen molar-refractivity contribution in [3.63, 3.8) is 0 Å². The Bertz CT molecular complexity index is 252. The molecule has 0 aromatic carbocycles. The molecule has 1 unspecified atom stereocenters. The van der Waals surface area contributed by atoms with Gasteiger partial charge in [-0.25, -0.2) is 10.1 Å². The highest BCUT2D eigenvalue weighted by Crippen LogP contribution is 1.89. The molecule has 6 heteroatoms. The molecular weight excluding hydrogens is 144 g/mol. The van der Waals surface area contributed by atoms with Gasteiger partial charge in [-0.1, -0.05) is 0 Å². The van der Waals surface area contributed by atoms with E-state index >= 15 is 0 Å². The number of imidazole rings is 1. The number of rotatable bonds is 1. The highest BCUT2D eigenvalue weighted by molar-refractivity contribution is 5.44. The fourth-order valence-corrected chi connectivity index (χ4v) is 0.848. The Hall–Kier alpha value is -1.40. The van der Waals surface area contributed by atoms with Crippen LogP contribution in [0.25, 0.3) is 5.53 Å². The summed E-state index contributed by atoms with van der Waals surface area (Å²) in [7, 11) is 1.78. The lowest BCUT2D eigenvalue weighted by Gasteiger charge is -2.24. The van der Waals surface area contributed by atoms with Gasteiger partial charge in [0.05, 0.1) is 12.4 Å². The summed E-state index contributed by atoms with van der Waals surface area (Å²) in [6, 6.07) is 0. The van der Waals surface area contributed by atoms with Gasteiger partial charge in [0.25, 0.3) is 0 Å². The molecule has 0 aliphatic carbocycles. The fourth-order valence-electron chi connectivity index (χ4n) is 0.848. The van der Waals surface area contributed by atoms with Crippen LogP contribution in [0.3, 0.4) is 0 Å². The molecule has 0 radical (unpaired) electrons. The van der Waals surface area contributed by atoms with Crippen LogP contribution in [0.5, 0.6) is 0 Å². The number of aromatic nitrogens is 2. The van der Waals surface area contributed by atoms with Crippen molar-refractivity contribution in [1.29, 1.82) is 0 Å². The Morgan fingerprint density at radius 3 is 3.00 bits per heavy atom. The molecule has 6 nitrogen and oxygen atoms in total. The first-order valence-electron chi connectivity index (χ1n) is 3.21. The Labute approximate surface area is 63.6 Å². The van der Waals surface area contributed by atoms with Crippen LogP contribution in [0.2, 0.25) is 0 Å². The van der Waals surface area contributed by atoms with Gasteiger partial charge < -0.3 is 10.7 Å². The normalized spacial score (nSPS) is 23.0. The summed E-state index contributed by atoms with van der Waals surface area (Å²) in [6.45, 7) is 0. The standard InChI is InChI=1S/C5H8N6/c1-9-7-5-11(8-9)10-3-2-6-4-10/h2-5,11H,1H3. The molecule has 0 amide bonds. The Kier molecular flexibility index (Phi) is 1.34. The van der Waals surface area contributed by atoms with Crippen LogP contribution < -0.4 is 5.12 Å². The molecule has 1 aromatic rings. The molecule has 0 saturated heterocycles. The summed E-state index contributed by atoms with van der Waals surface area (Å²) in [6.07, 6.45) is 6.89. The molecule has 1 aliphatic heterocycles. The molecule has 1 atom stereocenters. The van der Waals surface area contributed by atoms with E-state index in [1.165, 1.54) is 5.12 Å². The second kappa shape index (κ2) is 2.33. The van der Waals surface area contributed by atoms with Crippen LogP contribution in [0, 0.1) is 0 Å². The number of hydrogen-bond donors (Lipinski definition) is 1. The van der Waals surface area contributed by atoms with Gasteiger partial charge in [-0.3, -0.25) is 0 Å². The summed E-state index contributed by atoms with van der Waals surface area (Å²) in [5.41, 5.74) is 4.08. The van der Waals surface area contributed by atoms with Gasteiger partial charge in [0.2, 0.25) is 6.34 Å². The van der Waals surface area contributed by atoms with Crippen LogP contribution in [0.4, 0.5) is 0 Å². The summed E-state index contributed by atoms with van der Waals surface area (Å²) in [5, 5.41) is 6.22. The molecule has 1 aliphatic rings. The minimum absolute atomic E-state index is 0.782. The van der Waals surface area contributed by atoms with E-state index in [-0.39, 0.29) is 0 Å². The number of hydrogen-bond acceptors (Lipinski definition) is 3. The van der Waals surface area contributed by atoms with Crippen LogP contribution in [0.1, 0.15) is 0 Å².